The molecular weight excluding hydrogens is 376 g/mol. The summed E-state index contributed by atoms with van der Waals surface area (Å²) in [6.45, 7) is 3.38. The van der Waals surface area contributed by atoms with E-state index in [1.807, 2.05) is 16.8 Å². The minimum atomic E-state index is 0.0242. The highest BCUT2D eigenvalue weighted by molar-refractivity contribution is 5.82. The molecule has 1 atom stereocenters. The lowest BCUT2D eigenvalue weighted by Gasteiger charge is -2.41. The van der Waals surface area contributed by atoms with Gasteiger partial charge in [-0.05, 0) is 36.9 Å². The first-order valence-corrected chi connectivity index (χ1v) is 11.0. The average molecular weight is 403 g/mol. The van der Waals surface area contributed by atoms with Gasteiger partial charge in [0, 0.05) is 37.7 Å². The molecule has 6 rings (SSSR count). The first-order chi connectivity index (χ1) is 14.8. The van der Waals surface area contributed by atoms with E-state index < -0.39 is 0 Å². The van der Waals surface area contributed by atoms with E-state index in [1.165, 1.54) is 22.4 Å². The Hall–Kier alpha value is -2.93. The lowest BCUT2D eigenvalue weighted by molar-refractivity contribution is -0.126. The van der Waals surface area contributed by atoms with Crippen molar-refractivity contribution in [3.05, 3.63) is 58.9 Å². The highest BCUT2D eigenvalue weighted by Gasteiger charge is 2.37. The maximum absolute atomic E-state index is 12.9. The quantitative estimate of drug-likeness (QED) is 0.697. The van der Waals surface area contributed by atoms with E-state index in [0.717, 1.165) is 63.3 Å². The number of nitrogens with zero attached hydrogens (tertiary/aromatic N) is 4. The summed E-state index contributed by atoms with van der Waals surface area (Å²) >= 11 is 0. The maximum atomic E-state index is 12.9. The molecule has 0 radical (unpaired) electrons. The zero-order chi connectivity index (χ0) is 20.1. The number of fused-ring (bicyclic) bond motifs is 3. The molecule has 1 saturated heterocycles. The van der Waals surface area contributed by atoms with Crippen molar-refractivity contribution in [1.82, 2.24) is 25.2 Å². The van der Waals surface area contributed by atoms with Gasteiger partial charge in [-0.15, -0.1) is 0 Å². The van der Waals surface area contributed by atoms with Gasteiger partial charge >= 0.3 is 0 Å². The summed E-state index contributed by atoms with van der Waals surface area (Å²) in [4.78, 5) is 20.1. The van der Waals surface area contributed by atoms with E-state index in [9.17, 15) is 4.79 Å². The molecule has 0 spiro atoms. The van der Waals surface area contributed by atoms with Crippen molar-refractivity contribution in [2.75, 3.05) is 31.1 Å². The Kier molecular flexibility index (Phi) is 4.23. The first kappa shape index (κ1) is 17.9. The molecule has 1 amide bonds. The van der Waals surface area contributed by atoms with Crippen molar-refractivity contribution in [1.29, 1.82) is 0 Å². The lowest BCUT2D eigenvalue weighted by atomic mass is 9.96. The number of aryl methyl sites for hydroxylation is 1. The van der Waals surface area contributed by atoms with Crippen LogP contribution in [0.4, 0.5) is 5.82 Å². The predicted molar refractivity (Wildman–Crippen MR) is 115 cm³/mol. The molecule has 0 saturated carbocycles. The third-order valence-electron chi connectivity index (χ3n) is 6.78. The molecule has 1 aromatic carbocycles. The monoisotopic (exact) mass is 402 g/mol. The molecule has 1 unspecified atom stereocenters. The molecule has 3 aromatic rings. The molecule has 154 valence electrons. The molecule has 7 heteroatoms. The average Bonchev–Trinajstić information content (AvgIpc) is 3.27. The molecule has 2 aliphatic heterocycles. The van der Waals surface area contributed by atoms with Crippen molar-refractivity contribution in [2.24, 2.45) is 5.92 Å². The van der Waals surface area contributed by atoms with E-state index in [4.69, 9.17) is 4.98 Å². The van der Waals surface area contributed by atoms with Crippen molar-refractivity contribution in [3.63, 3.8) is 0 Å². The third-order valence-corrected chi connectivity index (χ3v) is 6.78. The van der Waals surface area contributed by atoms with E-state index in [1.54, 1.807) is 0 Å². The number of carbonyl (C=O) groups excluding carboxylic acids is 1. The predicted octanol–water partition coefficient (Wildman–Crippen LogP) is 1.66. The fourth-order valence-corrected chi connectivity index (χ4v) is 5.15. The number of hydrogen-bond acceptors (Lipinski definition) is 5. The smallest absolute Gasteiger partial charge is 0.227 e. The van der Waals surface area contributed by atoms with Gasteiger partial charge in [-0.2, -0.15) is 9.61 Å². The van der Waals surface area contributed by atoms with E-state index in [2.05, 4.69) is 44.9 Å². The van der Waals surface area contributed by atoms with Crippen LogP contribution in [0.2, 0.25) is 0 Å². The number of aromatic nitrogens is 3. The van der Waals surface area contributed by atoms with E-state index >= 15 is 0 Å². The van der Waals surface area contributed by atoms with Crippen LogP contribution in [0.25, 0.3) is 5.65 Å². The Morgan fingerprint density at radius 3 is 2.90 bits per heavy atom. The van der Waals surface area contributed by atoms with Crippen LogP contribution in [-0.4, -0.2) is 46.7 Å². The zero-order valence-corrected chi connectivity index (χ0v) is 17.0. The number of carbonyl (C=O) groups is 1. The van der Waals surface area contributed by atoms with Crippen LogP contribution >= 0.6 is 0 Å². The van der Waals surface area contributed by atoms with Crippen molar-refractivity contribution < 1.29 is 4.79 Å². The zero-order valence-electron chi connectivity index (χ0n) is 17.0. The number of rotatable bonds is 3. The number of benzene rings is 1. The standard InChI is InChI=1S/C23H26N6O/c30-22(27-19-6-5-15-3-1-2-4-17(15)19)16-13-28(14-16)23-18-7-10-24-11-8-20(18)26-21-9-12-25-29(21)23/h1-4,9,12,16,19,24H,5-8,10-11,13-14H2,(H,27,30). The van der Waals surface area contributed by atoms with E-state index in [-0.39, 0.29) is 17.9 Å². The highest BCUT2D eigenvalue weighted by Crippen LogP contribution is 2.34. The number of amides is 1. The molecule has 1 aliphatic carbocycles. The molecule has 7 nitrogen and oxygen atoms in total. The van der Waals surface area contributed by atoms with Crippen LogP contribution < -0.4 is 15.5 Å². The topological polar surface area (TPSA) is 74.6 Å². The van der Waals surface area contributed by atoms with Gasteiger partial charge in [0.05, 0.1) is 23.9 Å². The van der Waals surface area contributed by atoms with Crippen LogP contribution in [0.5, 0.6) is 0 Å². The number of hydrogen-bond donors (Lipinski definition) is 2. The molecular formula is C23H26N6O. The summed E-state index contributed by atoms with van der Waals surface area (Å²) in [6.07, 6.45) is 5.74. The van der Waals surface area contributed by atoms with Gasteiger partial charge in [0.15, 0.2) is 5.65 Å². The Balaban J connectivity index is 1.21. The summed E-state index contributed by atoms with van der Waals surface area (Å²) in [5.74, 6) is 1.32. The van der Waals surface area contributed by atoms with Crippen LogP contribution in [-0.2, 0) is 24.1 Å². The van der Waals surface area contributed by atoms with Gasteiger partial charge in [-0.1, -0.05) is 24.3 Å². The molecule has 0 bridgehead atoms. The van der Waals surface area contributed by atoms with Crippen LogP contribution in [0.15, 0.2) is 36.5 Å². The minimum absolute atomic E-state index is 0.0242. The third kappa shape index (κ3) is 2.88. The Bertz CT molecular complexity index is 1120. The maximum Gasteiger partial charge on any atom is 0.227 e. The Morgan fingerprint density at radius 2 is 1.97 bits per heavy atom. The van der Waals surface area contributed by atoms with Gasteiger partial charge < -0.3 is 15.5 Å². The molecule has 1 fully saturated rings. The highest BCUT2D eigenvalue weighted by atomic mass is 16.2. The van der Waals surface area contributed by atoms with Crippen LogP contribution in [0, 0.1) is 5.92 Å². The van der Waals surface area contributed by atoms with Gasteiger partial charge in [0.25, 0.3) is 0 Å². The van der Waals surface area contributed by atoms with Crippen molar-refractivity contribution in [3.8, 4) is 0 Å². The fourth-order valence-electron chi connectivity index (χ4n) is 5.15. The van der Waals surface area contributed by atoms with Crippen LogP contribution in [0.3, 0.4) is 0 Å². The first-order valence-electron chi connectivity index (χ1n) is 11.0. The minimum Gasteiger partial charge on any atom is -0.354 e. The summed E-state index contributed by atoms with van der Waals surface area (Å²) < 4.78 is 1.95. The van der Waals surface area contributed by atoms with Gasteiger partial charge in [0.1, 0.15) is 5.82 Å². The largest absolute Gasteiger partial charge is 0.354 e. The molecule has 3 aliphatic rings. The van der Waals surface area contributed by atoms with Gasteiger partial charge in [-0.3, -0.25) is 4.79 Å². The second-order valence-corrected chi connectivity index (χ2v) is 8.61. The molecule has 2 aromatic heterocycles. The summed E-state index contributed by atoms with van der Waals surface area (Å²) in [7, 11) is 0. The number of nitrogens with one attached hydrogen (secondary N) is 2. The summed E-state index contributed by atoms with van der Waals surface area (Å²) in [5.41, 5.74) is 5.98. The van der Waals surface area contributed by atoms with Crippen molar-refractivity contribution >= 4 is 17.4 Å². The number of anilines is 1. The summed E-state index contributed by atoms with van der Waals surface area (Å²) in [5, 5.41) is 11.3. The summed E-state index contributed by atoms with van der Waals surface area (Å²) in [6, 6.07) is 10.6. The second kappa shape index (κ2) is 7.09. The SMILES string of the molecule is O=C(NC1CCc2ccccc21)C1CN(c2c3c(nc4ccnn24)CCNCC3)C1. The van der Waals surface area contributed by atoms with Gasteiger partial charge in [0.2, 0.25) is 5.91 Å². The molecule has 30 heavy (non-hydrogen) atoms. The Morgan fingerprint density at radius 1 is 1.10 bits per heavy atom. The second-order valence-electron chi connectivity index (χ2n) is 8.61. The van der Waals surface area contributed by atoms with Gasteiger partial charge in [-0.25, -0.2) is 4.98 Å². The Labute approximate surface area is 175 Å². The van der Waals surface area contributed by atoms with Crippen LogP contribution in [0.1, 0.15) is 34.8 Å². The lowest BCUT2D eigenvalue weighted by Crippen LogP contribution is -2.55. The van der Waals surface area contributed by atoms with E-state index in [0.29, 0.717) is 0 Å². The van der Waals surface area contributed by atoms with Crippen molar-refractivity contribution in [2.45, 2.75) is 31.7 Å². The molecule has 4 heterocycles. The normalized spacial score (nSPS) is 21.1. The fraction of sp³-hybridized carbons (Fsp3) is 0.435. The molecule has 2 N–H and O–H groups in total.